The van der Waals surface area contributed by atoms with Crippen LogP contribution in [0.15, 0.2) is 30.3 Å². The molecule has 0 amide bonds. The average Bonchev–Trinajstić information content (AvgIpc) is 2.44. The molecular formula is C15H22N2O3. The molecule has 0 aliphatic heterocycles. The van der Waals surface area contributed by atoms with Crippen LogP contribution in [-0.4, -0.2) is 28.9 Å². The highest BCUT2D eigenvalue weighted by Crippen LogP contribution is 2.08. The van der Waals surface area contributed by atoms with E-state index in [4.69, 9.17) is 10.9 Å². The molecule has 0 fully saturated rings. The number of ketones is 2. The average molecular weight is 278 g/mol. The van der Waals surface area contributed by atoms with Crippen LogP contribution in [0, 0.1) is 5.92 Å². The Hall–Kier alpha value is -1.56. The topological polar surface area (TPSA) is 92.4 Å². The van der Waals surface area contributed by atoms with Crippen LogP contribution in [0.25, 0.3) is 0 Å². The molecule has 5 nitrogen and oxygen atoms in total. The van der Waals surface area contributed by atoms with E-state index in [0.29, 0.717) is 12.8 Å². The molecule has 0 aliphatic rings. The second kappa shape index (κ2) is 7.89. The maximum Gasteiger partial charge on any atom is 0.219 e. The minimum atomic E-state index is -0.885. The zero-order valence-electron chi connectivity index (χ0n) is 11.9. The molecule has 0 heterocycles. The van der Waals surface area contributed by atoms with Crippen LogP contribution in [0.1, 0.15) is 25.8 Å². The van der Waals surface area contributed by atoms with Gasteiger partial charge >= 0.3 is 0 Å². The summed E-state index contributed by atoms with van der Waals surface area (Å²) in [6.45, 7) is 3.82. The molecule has 5 heteroatoms. The highest BCUT2D eigenvalue weighted by Gasteiger charge is 2.29. The van der Waals surface area contributed by atoms with Crippen molar-refractivity contribution in [2.24, 2.45) is 11.7 Å². The number of rotatable bonds is 8. The van der Waals surface area contributed by atoms with Crippen molar-refractivity contribution in [3.05, 3.63) is 35.9 Å². The van der Waals surface area contributed by atoms with Crippen molar-refractivity contribution in [1.82, 2.24) is 5.48 Å². The summed E-state index contributed by atoms with van der Waals surface area (Å²) in [7, 11) is 0. The summed E-state index contributed by atoms with van der Waals surface area (Å²) in [6, 6.07) is 7.52. The highest BCUT2D eigenvalue weighted by molar-refractivity contribution is 6.41. The molecule has 0 radical (unpaired) electrons. The fourth-order valence-corrected chi connectivity index (χ4v) is 2.00. The molecule has 20 heavy (non-hydrogen) atoms. The second-order valence-electron chi connectivity index (χ2n) is 5.34. The predicted octanol–water partition coefficient (Wildman–Crippen LogP) is 1.09. The molecule has 1 aromatic rings. The first-order chi connectivity index (χ1) is 9.45. The molecule has 0 spiro atoms. The number of Topliss-reactive ketones (excluding diaryl/α,β-unsaturated/α-hetero) is 2. The Morgan fingerprint density at radius 3 is 2.30 bits per heavy atom. The smallest absolute Gasteiger partial charge is 0.219 e. The first-order valence-electron chi connectivity index (χ1n) is 6.72. The summed E-state index contributed by atoms with van der Waals surface area (Å²) in [5.41, 5.74) is 8.60. The Morgan fingerprint density at radius 2 is 1.80 bits per heavy atom. The zero-order chi connectivity index (χ0) is 15.1. The van der Waals surface area contributed by atoms with Crippen LogP contribution in [0.4, 0.5) is 0 Å². The fraction of sp³-hybridized carbons (Fsp3) is 0.467. The van der Waals surface area contributed by atoms with E-state index in [1.807, 2.05) is 49.7 Å². The summed E-state index contributed by atoms with van der Waals surface area (Å²) in [4.78, 5) is 24.0. The second-order valence-corrected chi connectivity index (χ2v) is 5.34. The third kappa shape index (κ3) is 4.85. The van der Waals surface area contributed by atoms with Gasteiger partial charge in [0.15, 0.2) is 0 Å². The largest absolute Gasteiger partial charge is 0.321 e. The molecule has 0 saturated carbocycles. The molecular weight excluding hydrogens is 256 g/mol. The molecule has 110 valence electrons. The lowest BCUT2D eigenvalue weighted by Crippen LogP contribution is -2.47. The van der Waals surface area contributed by atoms with Crippen LogP contribution in [0.2, 0.25) is 0 Å². The number of nitrogens with one attached hydrogen (secondary N) is 1. The summed E-state index contributed by atoms with van der Waals surface area (Å²) in [5.74, 6) is -1.13. The maximum atomic E-state index is 12.0. The number of hydrogen-bond donors (Lipinski definition) is 3. The molecule has 2 atom stereocenters. The van der Waals surface area contributed by atoms with Crippen molar-refractivity contribution in [2.45, 2.75) is 38.8 Å². The summed E-state index contributed by atoms with van der Waals surface area (Å²) in [5, 5.41) is 9.00. The van der Waals surface area contributed by atoms with Gasteiger partial charge in [-0.2, -0.15) is 5.48 Å². The van der Waals surface area contributed by atoms with Gasteiger partial charge in [-0.15, -0.1) is 0 Å². The summed E-state index contributed by atoms with van der Waals surface area (Å²) < 4.78 is 0. The van der Waals surface area contributed by atoms with Crippen molar-refractivity contribution >= 4 is 11.6 Å². The van der Waals surface area contributed by atoms with Gasteiger partial charge in [-0.05, 0) is 24.3 Å². The Labute approximate surface area is 119 Å². The predicted molar refractivity (Wildman–Crippen MR) is 76.3 cm³/mol. The number of hydrogen-bond acceptors (Lipinski definition) is 5. The molecule has 1 aromatic carbocycles. The third-order valence-electron chi connectivity index (χ3n) is 3.06. The zero-order valence-corrected chi connectivity index (χ0v) is 11.9. The molecule has 0 aliphatic carbocycles. The van der Waals surface area contributed by atoms with E-state index < -0.39 is 23.7 Å². The molecule has 0 bridgehead atoms. The molecule has 0 aromatic heterocycles. The van der Waals surface area contributed by atoms with Gasteiger partial charge in [-0.25, -0.2) is 0 Å². The first-order valence-corrected chi connectivity index (χ1v) is 6.72. The van der Waals surface area contributed by atoms with E-state index >= 15 is 0 Å². The lowest BCUT2D eigenvalue weighted by molar-refractivity contribution is -0.140. The van der Waals surface area contributed by atoms with Gasteiger partial charge in [-0.3, -0.25) is 9.59 Å². The van der Waals surface area contributed by atoms with Crippen LogP contribution >= 0.6 is 0 Å². The van der Waals surface area contributed by atoms with Gasteiger partial charge in [0.2, 0.25) is 11.6 Å². The van der Waals surface area contributed by atoms with Crippen molar-refractivity contribution in [3.63, 3.8) is 0 Å². The maximum absolute atomic E-state index is 12.0. The molecule has 1 rings (SSSR count). The summed E-state index contributed by atoms with van der Waals surface area (Å²) >= 11 is 0. The number of hydroxylamine groups is 1. The van der Waals surface area contributed by atoms with E-state index in [9.17, 15) is 9.59 Å². The standard InChI is InChI=1S/C15H22N2O3/c1-10(2)8-13(17-20)15(19)14(18)12(16)9-11-6-4-3-5-7-11/h3-7,10,12-13,17,20H,8-9,16H2,1-2H3/t12-,13-/m0/s1. The Balaban J connectivity index is 2.65. The van der Waals surface area contributed by atoms with E-state index in [1.54, 1.807) is 0 Å². The van der Waals surface area contributed by atoms with E-state index in [2.05, 4.69) is 0 Å². The highest BCUT2D eigenvalue weighted by atomic mass is 16.5. The number of carbonyl (C=O) groups excluding carboxylic acids is 2. The van der Waals surface area contributed by atoms with Gasteiger partial charge in [0.1, 0.15) is 0 Å². The van der Waals surface area contributed by atoms with Crippen molar-refractivity contribution < 1.29 is 14.8 Å². The number of carbonyl (C=O) groups is 2. The van der Waals surface area contributed by atoms with Crippen molar-refractivity contribution in [2.75, 3.05) is 0 Å². The van der Waals surface area contributed by atoms with E-state index in [0.717, 1.165) is 5.56 Å². The van der Waals surface area contributed by atoms with Crippen LogP contribution in [0.5, 0.6) is 0 Å². The Bertz CT molecular complexity index is 446. The number of benzene rings is 1. The van der Waals surface area contributed by atoms with Gasteiger partial charge in [0, 0.05) is 0 Å². The minimum absolute atomic E-state index is 0.182. The van der Waals surface area contributed by atoms with Gasteiger partial charge < -0.3 is 10.9 Å². The van der Waals surface area contributed by atoms with Gasteiger partial charge in [0.25, 0.3) is 0 Å². The Kier molecular flexibility index (Phi) is 6.51. The fourth-order valence-electron chi connectivity index (χ4n) is 2.00. The van der Waals surface area contributed by atoms with Crippen LogP contribution in [-0.2, 0) is 16.0 Å². The van der Waals surface area contributed by atoms with Gasteiger partial charge in [0.05, 0.1) is 12.1 Å². The summed E-state index contributed by atoms with van der Waals surface area (Å²) in [6.07, 6.45) is 0.699. The minimum Gasteiger partial charge on any atom is -0.321 e. The molecule has 0 saturated heterocycles. The third-order valence-corrected chi connectivity index (χ3v) is 3.06. The lowest BCUT2D eigenvalue weighted by atomic mass is 9.94. The van der Waals surface area contributed by atoms with Crippen molar-refractivity contribution in [3.8, 4) is 0 Å². The molecule has 4 N–H and O–H groups in total. The van der Waals surface area contributed by atoms with Gasteiger partial charge in [-0.1, -0.05) is 44.2 Å². The SMILES string of the molecule is CC(C)C[C@H](NO)C(=O)C(=O)[C@@H](N)Cc1ccccc1. The first kappa shape index (κ1) is 16.5. The quantitative estimate of drug-likeness (QED) is 0.489. The van der Waals surface area contributed by atoms with E-state index in [-0.39, 0.29) is 5.92 Å². The van der Waals surface area contributed by atoms with Crippen LogP contribution < -0.4 is 11.2 Å². The lowest BCUT2D eigenvalue weighted by Gasteiger charge is -2.17. The van der Waals surface area contributed by atoms with E-state index in [1.165, 1.54) is 0 Å². The van der Waals surface area contributed by atoms with Crippen molar-refractivity contribution in [1.29, 1.82) is 0 Å². The Morgan fingerprint density at radius 1 is 1.20 bits per heavy atom. The monoisotopic (exact) mass is 278 g/mol. The van der Waals surface area contributed by atoms with Crippen LogP contribution in [0.3, 0.4) is 0 Å². The normalized spacial score (nSPS) is 14.1. The molecule has 0 unspecified atom stereocenters. The number of nitrogens with two attached hydrogens (primary N) is 1.